The van der Waals surface area contributed by atoms with E-state index in [0.717, 1.165) is 35.5 Å². The van der Waals surface area contributed by atoms with Gasteiger partial charge in [-0.05, 0) is 75.2 Å². The van der Waals surface area contributed by atoms with Gasteiger partial charge in [0.1, 0.15) is 11.5 Å². The maximum Gasteiger partial charge on any atom is 0.334 e. The highest BCUT2D eigenvalue weighted by Crippen LogP contribution is 2.68. The Hall–Kier alpha value is -4.47. The van der Waals surface area contributed by atoms with Crippen molar-refractivity contribution in [2.45, 2.75) is 60.3 Å². The SMILES string of the molecule is CCCCOc1ccc(N2C(=O)[C@@H]3C4C(C)=C(C(=O)OCC)C(C)([C@@H]3C2=O)[C@@H]2C(=O)N(c3ccc(OCCCC)cc3)C(=O)[C@H]42)cc1. The van der Waals surface area contributed by atoms with E-state index in [4.69, 9.17) is 14.2 Å². The third kappa shape index (κ3) is 4.95. The number of amides is 4. The molecule has 248 valence electrons. The van der Waals surface area contributed by atoms with Gasteiger partial charge in [0.25, 0.3) is 0 Å². The second kappa shape index (κ2) is 12.6. The molecule has 4 amide bonds. The molecule has 3 fully saturated rings. The van der Waals surface area contributed by atoms with Gasteiger partial charge in [0, 0.05) is 16.9 Å². The van der Waals surface area contributed by atoms with Crippen LogP contribution in [-0.4, -0.2) is 49.4 Å². The molecule has 2 aromatic carbocycles. The van der Waals surface area contributed by atoms with Gasteiger partial charge >= 0.3 is 5.97 Å². The Morgan fingerprint density at radius 3 is 1.49 bits per heavy atom. The summed E-state index contributed by atoms with van der Waals surface area (Å²) < 4.78 is 17.0. The first-order valence-electron chi connectivity index (χ1n) is 16.7. The molecule has 3 aliphatic carbocycles. The molecule has 2 heterocycles. The number of ether oxygens (including phenoxy) is 3. The number of carbonyl (C=O) groups excluding carboxylic acids is 5. The maximum atomic E-state index is 14.4. The van der Waals surface area contributed by atoms with Gasteiger partial charge in [-0.1, -0.05) is 39.2 Å². The van der Waals surface area contributed by atoms with Crippen LogP contribution in [0.5, 0.6) is 11.5 Å². The summed E-state index contributed by atoms with van der Waals surface area (Å²) in [5.74, 6) is -5.98. The number of carbonyl (C=O) groups is 5. The van der Waals surface area contributed by atoms with Crippen molar-refractivity contribution >= 4 is 41.0 Å². The monoisotopic (exact) mass is 642 g/mol. The molecule has 0 radical (unpaired) electrons. The Kier molecular flexibility index (Phi) is 8.72. The summed E-state index contributed by atoms with van der Waals surface area (Å²) in [7, 11) is 0. The Balaban J connectivity index is 1.38. The van der Waals surface area contributed by atoms with Gasteiger partial charge in [-0.15, -0.1) is 0 Å². The zero-order valence-corrected chi connectivity index (χ0v) is 27.6. The number of nitrogens with zero attached hydrogens (tertiary/aromatic N) is 2. The smallest absolute Gasteiger partial charge is 0.334 e. The molecule has 2 aliphatic heterocycles. The predicted octanol–water partition coefficient (Wildman–Crippen LogP) is 5.49. The standard InChI is InChI=1S/C37H42N2O8/c1-6-9-19-46-24-15-11-22(12-16-24)38-32(40)27-26-21(4)29(36(44)45-8-3)37(5,30(27)34(38)42)31-28(26)33(41)39(35(31)43)23-13-17-25(18-14-23)47-20-10-7-2/h11-18,26-28,30-31H,6-10,19-20H2,1-5H3/t26?,27-,28-,30+,31+,37?/m1/s1. The minimum atomic E-state index is -1.46. The van der Waals surface area contributed by atoms with Gasteiger partial charge < -0.3 is 14.2 Å². The van der Waals surface area contributed by atoms with E-state index in [0.29, 0.717) is 41.7 Å². The van der Waals surface area contributed by atoms with E-state index in [1.165, 1.54) is 0 Å². The largest absolute Gasteiger partial charge is 0.494 e. The Morgan fingerprint density at radius 1 is 0.681 bits per heavy atom. The van der Waals surface area contributed by atoms with Crippen molar-refractivity contribution in [2.75, 3.05) is 29.6 Å². The minimum Gasteiger partial charge on any atom is -0.494 e. The molecule has 7 rings (SSSR count). The highest BCUT2D eigenvalue weighted by molar-refractivity contribution is 6.27. The lowest BCUT2D eigenvalue weighted by Gasteiger charge is -2.55. The molecule has 47 heavy (non-hydrogen) atoms. The lowest BCUT2D eigenvalue weighted by molar-refractivity contribution is -0.155. The average Bonchev–Trinajstić information content (AvgIpc) is 3.48. The second-order valence-corrected chi connectivity index (χ2v) is 13.0. The fourth-order valence-electron chi connectivity index (χ4n) is 8.37. The van der Waals surface area contributed by atoms with Crippen molar-refractivity contribution in [3.05, 3.63) is 59.7 Å². The number of esters is 1. The van der Waals surface area contributed by atoms with E-state index in [1.807, 2.05) is 0 Å². The first kappa shape index (κ1) is 32.5. The Labute approximate surface area is 275 Å². The van der Waals surface area contributed by atoms with Gasteiger partial charge in [0.2, 0.25) is 23.6 Å². The summed E-state index contributed by atoms with van der Waals surface area (Å²) in [5, 5.41) is 0. The highest BCUT2D eigenvalue weighted by Gasteiger charge is 2.77. The zero-order valence-electron chi connectivity index (χ0n) is 27.6. The molecule has 5 aliphatic rings. The molecule has 10 heteroatoms. The van der Waals surface area contributed by atoms with Gasteiger partial charge in [0.15, 0.2) is 0 Å². The molecular weight excluding hydrogens is 600 g/mol. The van der Waals surface area contributed by atoms with E-state index in [2.05, 4.69) is 13.8 Å². The van der Waals surface area contributed by atoms with Crippen LogP contribution in [0.2, 0.25) is 0 Å². The van der Waals surface area contributed by atoms with Crippen LogP contribution in [0.25, 0.3) is 0 Å². The van der Waals surface area contributed by atoms with Gasteiger partial charge in [-0.25, -0.2) is 4.79 Å². The van der Waals surface area contributed by atoms with Crippen LogP contribution in [0.1, 0.15) is 60.3 Å². The van der Waals surface area contributed by atoms with Crippen molar-refractivity contribution in [1.82, 2.24) is 0 Å². The molecule has 1 saturated carbocycles. The molecule has 2 saturated heterocycles. The number of rotatable bonds is 12. The number of benzene rings is 2. The van der Waals surface area contributed by atoms with Crippen LogP contribution in [0.4, 0.5) is 11.4 Å². The van der Waals surface area contributed by atoms with Crippen LogP contribution in [0.15, 0.2) is 59.7 Å². The second-order valence-electron chi connectivity index (χ2n) is 13.0. The van der Waals surface area contributed by atoms with Crippen molar-refractivity contribution < 1.29 is 38.2 Å². The molecule has 0 N–H and O–H groups in total. The van der Waals surface area contributed by atoms with Crippen LogP contribution in [0, 0.1) is 35.0 Å². The molecule has 0 spiro atoms. The molecule has 4 atom stereocenters. The fourth-order valence-corrected chi connectivity index (χ4v) is 8.37. The van der Waals surface area contributed by atoms with Crippen molar-refractivity contribution in [3.63, 3.8) is 0 Å². The summed E-state index contributed by atoms with van der Waals surface area (Å²) in [6.07, 6.45) is 3.78. The van der Waals surface area contributed by atoms with Gasteiger partial charge in [0.05, 0.1) is 54.9 Å². The first-order valence-corrected chi connectivity index (χ1v) is 16.7. The number of hydrogen-bond acceptors (Lipinski definition) is 8. The average molecular weight is 643 g/mol. The van der Waals surface area contributed by atoms with Gasteiger partial charge in [-0.2, -0.15) is 0 Å². The Morgan fingerprint density at radius 2 is 1.11 bits per heavy atom. The number of imide groups is 2. The Bertz CT molecular complexity index is 1530. The third-order valence-corrected chi connectivity index (χ3v) is 10.4. The minimum absolute atomic E-state index is 0.0932. The summed E-state index contributed by atoms with van der Waals surface area (Å²) in [6, 6.07) is 13.5. The lowest BCUT2D eigenvalue weighted by atomic mass is 9.43. The van der Waals surface area contributed by atoms with E-state index < -0.39 is 64.6 Å². The van der Waals surface area contributed by atoms with Crippen molar-refractivity contribution in [2.24, 2.45) is 35.0 Å². The zero-order chi connectivity index (χ0) is 33.6. The van der Waals surface area contributed by atoms with Crippen molar-refractivity contribution in [3.8, 4) is 11.5 Å². The molecule has 2 bridgehead atoms. The summed E-state index contributed by atoms with van der Waals surface area (Å²) in [4.78, 5) is 73.4. The molecular formula is C37H42N2O8. The normalized spacial score (nSPS) is 27.8. The van der Waals surface area contributed by atoms with Gasteiger partial charge in [-0.3, -0.25) is 29.0 Å². The number of unbranched alkanes of at least 4 members (excludes halogenated alkanes) is 2. The van der Waals surface area contributed by atoms with E-state index in [-0.39, 0.29) is 12.2 Å². The van der Waals surface area contributed by atoms with Crippen LogP contribution in [-0.2, 0) is 28.7 Å². The van der Waals surface area contributed by atoms with Crippen molar-refractivity contribution in [1.29, 1.82) is 0 Å². The van der Waals surface area contributed by atoms with Crippen LogP contribution in [0.3, 0.4) is 0 Å². The number of allylic oxidation sites excluding steroid dienone is 1. The summed E-state index contributed by atoms with van der Waals surface area (Å²) >= 11 is 0. The molecule has 0 aromatic heterocycles. The van der Waals surface area contributed by atoms with Crippen LogP contribution >= 0.6 is 0 Å². The molecule has 2 aromatic rings. The van der Waals surface area contributed by atoms with Crippen LogP contribution < -0.4 is 19.3 Å². The lowest BCUT2D eigenvalue weighted by Crippen LogP contribution is -2.61. The van der Waals surface area contributed by atoms with E-state index >= 15 is 0 Å². The molecule has 0 unspecified atom stereocenters. The maximum absolute atomic E-state index is 14.4. The summed E-state index contributed by atoms with van der Waals surface area (Å²) in [6.45, 7) is 10.5. The first-order chi connectivity index (χ1) is 22.6. The fraction of sp³-hybridized carbons (Fsp3) is 0.486. The summed E-state index contributed by atoms with van der Waals surface area (Å²) in [5.41, 5.74) is 0.0361. The highest BCUT2D eigenvalue weighted by atomic mass is 16.5. The van der Waals surface area contributed by atoms with E-state index in [9.17, 15) is 24.0 Å². The quantitative estimate of drug-likeness (QED) is 0.170. The molecule has 10 nitrogen and oxygen atoms in total. The number of hydrogen-bond donors (Lipinski definition) is 0. The predicted molar refractivity (Wildman–Crippen MR) is 174 cm³/mol. The van der Waals surface area contributed by atoms with E-state index in [1.54, 1.807) is 69.3 Å². The third-order valence-electron chi connectivity index (χ3n) is 10.4. The number of anilines is 2. The topological polar surface area (TPSA) is 120 Å².